The van der Waals surface area contributed by atoms with E-state index in [1.807, 2.05) is 6.92 Å². The minimum absolute atomic E-state index is 0.00726. The summed E-state index contributed by atoms with van der Waals surface area (Å²) in [6.45, 7) is 3.98. The third-order valence-corrected chi connectivity index (χ3v) is 3.75. The number of aliphatic carboxylic acids is 1. The average Bonchev–Trinajstić information content (AvgIpc) is 2.57. The van der Waals surface area contributed by atoms with E-state index in [0.29, 0.717) is 18.5 Å². The molecule has 0 saturated carbocycles. The van der Waals surface area contributed by atoms with Gasteiger partial charge in [0.05, 0.1) is 0 Å². The van der Waals surface area contributed by atoms with Gasteiger partial charge < -0.3 is 20.5 Å². The van der Waals surface area contributed by atoms with E-state index >= 15 is 0 Å². The van der Waals surface area contributed by atoms with E-state index in [2.05, 4.69) is 10.6 Å². The second-order valence-electron chi connectivity index (χ2n) is 5.58. The normalized spacial score (nSPS) is 13.0. The van der Waals surface area contributed by atoms with E-state index in [1.54, 1.807) is 31.2 Å². The molecule has 24 heavy (non-hydrogen) atoms. The number of rotatable bonds is 9. The van der Waals surface area contributed by atoms with Crippen LogP contribution in [0.4, 0.5) is 0 Å². The van der Waals surface area contributed by atoms with E-state index in [9.17, 15) is 19.5 Å². The Morgan fingerprint density at radius 1 is 1.21 bits per heavy atom. The number of hydrogen-bond acceptors (Lipinski definition) is 4. The highest BCUT2D eigenvalue weighted by Crippen LogP contribution is 2.10. The van der Waals surface area contributed by atoms with Crippen LogP contribution in [0.5, 0.6) is 0 Å². The second-order valence-corrected chi connectivity index (χ2v) is 5.58. The number of carboxylic acid groups (broad SMARTS) is 1. The van der Waals surface area contributed by atoms with Gasteiger partial charge in [0, 0.05) is 19.2 Å². The smallest absolute Gasteiger partial charge is 0.326 e. The van der Waals surface area contributed by atoms with Crippen LogP contribution in [0.3, 0.4) is 0 Å². The Bertz CT molecular complexity index is 571. The lowest BCUT2D eigenvalue weighted by Gasteiger charge is -2.20. The number of amides is 2. The number of carbonyl (C=O) groups is 3. The fourth-order valence-electron chi connectivity index (χ4n) is 2.06. The first-order chi connectivity index (χ1) is 11.4. The number of benzene rings is 1. The van der Waals surface area contributed by atoms with Gasteiger partial charge in [-0.25, -0.2) is 4.79 Å². The summed E-state index contributed by atoms with van der Waals surface area (Å²) in [5, 5.41) is 14.4. The summed E-state index contributed by atoms with van der Waals surface area (Å²) >= 11 is 0. The summed E-state index contributed by atoms with van der Waals surface area (Å²) in [5.41, 5.74) is 1.20. The van der Waals surface area contributed by atoms with Crippen molar-refractivity contribution in [1.29, 1.82) is 0 Å². The molecular formula is C17H24N2O5. The van der Waals surface area contributed by atoms with Crippen LogP contribution in [0, 0.1) is 5.92 Å². The Morgan fingerprint density at radius 2 is 1.83 bits per heavy atom. The van der Waals surface area contributed by atoms with Crippen molar-refractivity contribution >= 4 is 17.8 Å². The summed E-state index contributed by atoms with van der Waals surface area (Å²) in [4.78, 5) is 34.8. The fraction of sp³-hybridized carbons (Fsp3) is 0.471. The van der Waals surface area contributed by atoms with Crippen molar-refractivity contribution in [3.05, 3.63) is 35.4 Å². The summed E-state index contributed by atoms with van der Waals surface area (Å²) < 4.78 is 4.71. The molecular weight excluding hydrogens is 312 g/mol. The lowest BCUT2D eigenvalue weighted by atomic mass is 9.99. The largest absolute Gasteiger partial charge is 0.480 e. The monoisotopic (exact) mass is 336 g/mol. The van der Waals surface area contributed by atoms with Crippen LogP contribution in [0.25, 0.3) is 0 Å². The molecule has 0 heterocycles. The number of methoxy groups -OCH3 is 1. The number of carboxylic acids is 1. The molecule has 0 bridgehead atoms. The lowest BCUT2D eigenvalue weighted by Crippen LogP contribution is -2.45. The molecule has 1 aromatic rings. The molecule has 2 unspecified atom stereocenters. The van der Waals surface area contributed by atoms with Crippen molar-refractivity contribution in [1.82, 2.24) is 10.6 Å². The van der Waals surface area contributed by atoms with Gasteiger partial charge in [-0.3, -0.25) is 9.59 Å². The van der Waals surface area contributed by atoms with Crippen LogP contribution in [-0.2, 0) is 20.9 Å². The molecule has 0 radical (unpaired) electrons. The Labute approximate surface area is 141 Å². The minimum atomic E-state index is -1.05. The van der Waals surface area contributed by atoms with Gasteiger partial charge >= 0.3 is 5.97 Å². The van der Waals surface area contributed by atoms with Crippen molar-refractivity contribution in [2.75, 3.05) is 13.7 Å². The summed E-state index contributed by atoms with van der Waals surface area (Å²) in [7, 11) is 1.44. The highest BCUT2D eigenvalue weighted by atomic mass is 16.5. The van der Waals surface area contributed by atoms with E-state index in [-0.39, 0.29) is 18.4 Å². The first-order valence-electron chi connectivity index (χ1n) is 7.77. The van der Waals surface area contributed by atoms with Gasteiger partial charge in [-0.15, -0.1) is 0 Å². The first kappa shape index (κ1) is 19.6. The number of carbonyl (C=O) groups excluding carboxylic acids is 2. The van der Waals surface area contributed by atoms with Crippen molar-refractivity contribution in [2.24, 2.45) is 5.92 Å². The number of ether oxygens (including phenoxy) is 1. The van der Waals surface area contributed by atoms with Crippen molar-refractivity contribution in [3.63, 3.8) is 0 Å². The molecule has 132 valence electrons. The van der Waals surface area contributed by atoms with E-state index in [1.165, 1.54) is 7.11 Å². The Hall–Kier alpha value is -2.41. The van der Waals surface area contributed by atoms with Crippen LogP contribution in [-0.4, -0.2) is 42.6 Å². The molecule has 2 atom stereocenters. The van der Waals surface area contributed by atoms with Gasteiger partial charge in [0.1, 0.15) is 12.6 Å². The van der Waals surface area contributed by atoms with Crippen LogP contribution in [0.15, 0.2) is 24.3 Å². The van der Waals surface area contributed by atoms with Crippen LogP contribution >= 0.6 is 0 Å². The molecule has 7 heteroatoms. The van der Waals surface area contributed by atoms with Crippen LogP contribution < -0.4 is 10.6 Å². The third-order valence-electron chi connectivity index (χ3n) is 3.75. The van der Waals surface area contributed by atoms with Crippen molar-refractivity contribution in [2.45, 2.75) is 32.9 Å². The highest BCUT2D eigenvalue weighted by Gasteiger charge is 2.25. The fourth-order valence-corrected chi connectivity index (χ4v) is 2.06. The molecule has 2 amide bonds. The molecule has 0 spiro atoms. The predicted octanol–water partition coefficient (Wildman–Crippen LogP) is 1.18. The highest BCUT2D eigenvalue weighted by molar-refractivity contribution is 5.96. The molecule has 7 nitrogen and oxygen atoms in total. The molecule has 0 aliphatic rings. The van der Waals surface area contributed by atoms with Gasteiger partial charge in [-0.2, -0.15) is 0 Å². The lowest BCUT2D eigenvalue weighted by molar-refractivity contribution is -0.140. The Kier molecular flexibility index (Phi) is 7.91. The zero-order valence-corrected chi connectivity index (χ0v) is 14.2. The topological polar surface area (TPSA) is 105 Å². The van der Waals surface area contributed by atoms with E-state index in [0.717, 1.165) is 5.56 Å². The zero-order chi connectivity index (χ0) is 18.1. The quantitative estimate of drug-likeness (QED) is 0.628. The van der Waals surface area contributed by atoms with Gasteiger partial charge in [-0.1, -0.05) is 32.4 Å². The summed E-state index contributed by atoms with van der Waals surface area (Å²) in [6.07, 6.45) is 0.650. The minimum Gasteiger partial charge on any atom is -0.480 e. The standard InChI is InChI=1S/C17H24N2O5/c1-4-11(2)15(17(22)23)19-16(21)13-7-5-12(6-8-13)9-18-14(20)10-24-3/h5-8,11,15H,4,9-10H2,1-3H3,(H,18,20)(H,19,21)(H,22,23). The number of hydrogen-bond donors (Lipinski definition) is 3. The van der Waals surface area contributed by atoms with E-state index < -0.39 is 17.9 Å². The molecule has 0 aromatic heterocycles. The molecule has 3 N–H and O–H groups in total. The SMILES string of the molecule is CCC(C)C(NC(=O)c1ccc(CNC(=O)COC)cc1)C(=O)O. The predicted molar refractivity (Wildman–Crippen MR) is 88.5 cm³/mol. The molecule has 0 aliphatic carbocycles. The van der Waals surface area contributed by atoms with Crippen LogP contribution in [0.2, 0.25) is 0 Å². The first-order valence-corrected chi connectivity index (χ1v) is 7.77. The summed E-state index contributed by atoms with van der Waals surface area (Å²) in [5.74, 6) is -1.87. The average molecular weight is 336 g/mol. The Balaban J connectivity index is 2.65. The van der Waals surface area contributed by atoms with E-state index in [4.69, 9.17) is 4.74 Å². The maximum Gasteiger partial charge on any atom is 0.326 e. The van der Waals surface area contributed by atoms with Gasteiger partial charge in [0.15, 0.2) is 0 Å². The third kappa shape index (κ3) is 6.00. The van der Waals surface area contributed by atoms with Gasteiger partial charge in [-0.05, 0) is 23.6 Å². The molecule has 0 aliphatic heterocycles. The maximum absolute atomic E-state index is 12.2. The van der Waals surface area contributed by atoms with Crippen LogP contribution in [0.1, 0.15) is 36.2 Å². The molecule has 0 fully saturated rings. The second kappa shape index (κ2) is 9.67. The van der Waals surface area contributed by atoms with Gasteiger partial charge in [0.2, 0.25) is 5.91 Å². The molecule has 0 saturated heterocycles. The molecule has 1 rings (SSSR count). The maximum atomic E-state index is 12.2. The number of nitrogens with one attached hydrogen (secondary N) is 2. The summed E-state index contributed by atoms with van der Waals surface area (Å²) in [6, 6.07) is 5.70. The van der Waals surface area contributed by atoms with Crippen molar-refractivity contribution in [3.8, 4) is 0 Å². The van der Waals surface area contributed by atoms with Crippen molar-refractivity contribution < 1.29 is 24.2 Å². The molecule has 1 aromatic carbocycles. The zero-order valence-electron chi connectivity index (χ0n) is 14.2. The van der Waals surface area contributed by atoms with Gasteiger partial charge in [0.25, 0.3) is 5.91 Å². The Morgan fingerprint density at radius 3 is 2.33 bits per heavy atom.